The summed E-state index contributed by atoms with van der Waals surface area (Å²) in [5, 5.41) is 11.8. The minimum atomic E-state index is -0.462. The Morgan fingerprint density at radius 2 is 1.70 bits per heavy atom. The van der Waals surface area contributed by atoms with Gasteiger partial charge in [0.05, 0.1) is 10.0 Å². The molecule has 2 rings (SSSR count). The molecule has 0 aliphatic heterocycles. The summed E-state index contributed by atoms with van der Waals surface area (Å²) in [6, 6.07) is 8.33. The highest BCUT2D eigenvalue weighted by atomic mass is 35.5. The van der Waals surface area contributed by atoms with Gasteiger partial charge in [0.25, 0.3) is 0 Å². The maximum Gasteiger partial charge on any atom is 0.170 e. The molecule has 0 spiro atoms. The Bertz CT molecular complexity index is 677. The SMILES string of the molecule is NC(=NO)c1ccc(Oc2ccc(F)cc2Cl)c(Cl)c1. The fourth-order valence-electron chi connectivity index (χ4n) is 1.48. The van der Waals surface area contributed by atoms with Gasteiger partial charge in [0.15, 0.2) is 5.84 Å². The molecule has 0 amide bonds. The first-order valence-corrected chi connectivity index (χ1v) is 6.17. The molecule has 0 heterocycles. The molecule has 0 fully saturated rings. The standard InChI is InChI=1S/C13H9Cl2FN2O2/c14-9-5-7(13(17)18-19)1-3-11(9)20-12-4-2-8(16)6-10(12)15/h1-6,19H,(H2,17,18). The molecule has 0 aliphatic carbocycles. The maximum atomic E-state index is 12.9. The molecule has 7 heteroatoms. The number of rotatable bonds is 3. The molecule has 0 aromatic heterocycles. The largest absolute Gasteiger partial charge is 0.454 e. The Balaban J connectivity index is 2.30. The van der Waals surface area contributed by atoms with E-state index in [2.05, 4.69) is 5.16 Å². The summed E-state index contributed by atoms with van der Waals surface area (Å²) >= 11 is 11.9. The second kappa shape index (κ2) is 5.98. The van der Waals surface area contributed by atoms with Gasteiger partial charge in [-0.3, -0.25) is 0 Å². The Morgan fingerprint density at radius 1 is 1.10 bits per heavy atom. The zero-order valence-corrected chi connectivity index (χ0v) is 11.5. The Hall–Kier alpha value is -1.98. The Labute approximate surface area is 124 Å². The van der Waals surface area contributed by atoms with Crippen LogP contribution >= 0.6 is 23.2 Å². The fourth-order valence-corrected chi connectivity index (χ4v) is 1.90. The minimum Gasteiger partial charge on any atom is -0.454 e. The van der Waals surface area contributed by atoms with Crippen molar-refractivity contribution in [3.05, 3.63) is 57.8 Å². The van der Waals surface area contributed by atoms with Crippen LogP contribution in [0.15, 0.2) is 41.6 Å². The number of halogens is 3. The number of oxime groups is 1. The van der Waals surface area contributed by atoms with Crippen LogP contribution in [0.3, 0.4) is 0 Å². The van der Waals surface area contributed by atoms with Crippen LogP contribution in [0.4, 0.5) is 4.39 Å². The minimum absolute atomic E-state index is 0.0711. The van der Waals surface area contributed by atoms with E-state index in [1.54, 1.807) is 6.07 Å². The molecular weight excluding hydrogens is 306 g/mol. The quantitative estimate of drug-likeness (QED) is 0.389. The van der Waals surface area contributed by atoms with Gasteiger partial charge < -0.3 is 15.7 Å². The first kappa shape index (κ1) is 14.4. The summed E-state index contributed by atoms with van der Waals surface area (Å²) in [6.45, 7) is 0. The van der Waals surface area contributed by atoms with E-state index in [4.69, 9.17) is 38.9 Å². The van der Waals surface area contributed by atoms with Gasteiger partial charge in [0.1, 0.15) is 17.3 Å². The summed E-state index contributed by atoms with van der Waals surface area (Å²) in [5.74, 6) is 0.0511. The lowest BCUT2D eigenvalue weighted by molar-refractivity contribution is 0.318. The van der Waals surface area contributed by atoms with E-state index in [1.165, 1.54) is 24.3 Å². The molecule has 2 aromatic carbocycles. The van der Waals surface area contributed by atoms with Gasteiger partial charge in [-0.1, -0.05) is 28.4 Å². The predicted molar refractivity (Wildman–Crippen MR) is 75.4 cm³/mol. The summed E-state index contributed by atoms with van der Waals surface area (Å²) < 4.78 is 18.4. The van der Waals surface area contributed by atoms with Gasteiger partial charge in [-0.25, -0.2) is 4.39 Å². The molecule has 3 N–H and O–H groups in total. The number of ether oxygens (including phenoxy) is 1. The highest BCUT2D eigenvalue weighted by Crippen LogP contribution is 2.34. The van der Waals surface area contributed by atoms with Crippen molar-refractivity contribution in [3.63, 3.8) is 0 Å². The van der Waals surface area contributed by atoms with Crippen LogP contribution in [-0.4, -0.2) is 11.0 Å². The third-order valence-electron chi connectivity index (χ3n) is 2.45. The van der Waals surface area contributed by atoms with E-state index in [0.29, 0.717) is 11.3 Å². The lowest BCUT2D eigenvalue weighted by atomic mass is 10.2. The van der Waals surface area contributed by atoms with Gasteiger partial charge in [-0.2, -0.15) is 0 Å². The van der Waals surface area contributed by atoms with Gasteiger partial charge in [0.2, 0.25) is 0 Å². The third-order valence-corrected chi connectivity index (χ3v) is 3.04. The third kappa shape index (κ3) is 3.12. The first-order chi connectivity index (χ1) is 9.51. The van der Waals surface area contributed by atoms with Crippen LogP contribution in [0.2, 0.25) is 10.0 Å². The predicted octanol–water partition coefficient (Wildman–Crippen LogP) is 4.02. The van der Waals surface area contributed by atoms with E-state index in [-0.39, 0.29) is 21.6 Å². The van der Waals surface area contributed by atoms with Crippen LogP contribution in [0, 0.1) is 5.82 Å². The van der Waals surface area contributed by atoms with Crippen molar-refractivity contribution in [2.45, 2.75) is 0 Å². The second-order valence-corrected chi connectivity index (χ2v) is 4.62. The normalized spacial score (nSPS) is 11.4. The average Bonchev–Trinajstić information content (AvgIpc) is 2.42. The monoisotopic (exact) mass is 314 g/mol. The van der Waals surface area contributed by atoms with E-state index in [1.807, 2.05) is 0 Å². The molecular formula is C13H9Cl2FN2O2. The number of hydrogen-bond donors (Lipinski definition) is 2. The zero-order chi connectivity index (χ0) is 14.7. The van der Waals surface area contributed by atoms with E-state index in [9.17, 15) is 4.39 Å². The van der Waals surface area contributed by atoms with Gasteiger partial charge in [-0.05, 0) is 36.4 Å². The van der Waals surface area contributed by atoms with Crippen molar-refractivity contribution in [2.75, 3.05) is 0 Å². The van der Waals surface area contributed by atoms with E-state index in [0.717, 1.165) is 6.07 Å². The van der Waals surface area contributed by atoms with Crippen LogP contribution in [0.25, 0.3) is 0 Å². The van der Waals surface area contributed by atoms with Gasteiger partial charge in [-0.15, -0.1) is 0 Å². The number of hydrogen-bond acceptors (Lipinski definition) is 3. The van der Waals surface area contributed by atoms with Crippen molar-refractivity contribution in [2.24, 2.45) is 10.9 Å². The lowest BCUT2D eigenvalue weighted by Crippen LogP contribution is -2.12. The molecule has 4 nitrogen and oxygen atoms in total. The molecule has 0 radical (unpaired) electrons. The molecule has 0 saturated heterocycles. The Kier molecular flexibility index (Phi) is 4.32. The smallest absolute Gasteiger partial charge is 0.170 e. The van der Waals surface area contributed by atoms with Crippen molar-refractivity contribution in [1.29, 1.82) is 0 Å². The van der Waals surface area contributed by atoms with Crippen molar-refractivity contribution >= 4 is 29.0 Å². The molecule has 104 valence electrons. The van der Waals surface area contributed by atoms with E-state index < -0.39 is 5.82 Å². The number of nitrogens with zero attached hydrogens (tertiary/aromatic N) is 1. The molecule has 0 aliphatic rings. The van der Waals surface area contributed by atoms with Crippen molar-refractivity contribution < 1.29 is 14.3 Å². The number of benzene rings is 2. The molecule has 2 aromatic rings. The van der Waals surface area contributed by atoms with Gasteiger partial charge in [0, 0.05) is 5.56 Å². The van der Waals surface area contributed by atoms with Crippen LogP contribution in [0.5, 0.6) is 11.5 Å². The van der Waals surface area contributed by atoms with E-state index >= 15 is 0 Å². The lowest BCUT2D eigenvalue weighted by Gasteiger charge is -2.10. The van der Waals surface area contributed by atoms with Crippen molar-refractivity contribution in [3.8, 4) is 11.5 Å². The van der Waals surface area contributed by atoms with Gasteiger partial charge >= 0.3 is 0 Å². The molecule has 0 unspecified atom stereocenters. The summed E-state index contributed by atoms with van der Waals surface area (Å²) in [6.07, 6.45) is 0. The molecule has 20 heavy (non-hydrogen) atoms. The zero-order valence-electron chi connectivity index (χ0n) is 9.98. The average molecular weight is 315 g/mol. The molecule has 0 bridgehead atoms. The first-order valence-electron chi connectivity index (χ1n) is 5.41. The maximum absolute atomic E-state index is 12.9. The summed E-state index contributed by atoms with van der Waals surface area (Å²) in [5.41, 5.74) is 5.88. The summed E-state index contributed by atoms with van der Waals surface area (Å²) in [4.78, 5) is 0. The Morgan fingerprint density at radius 3 is 2.25 bits per heavy atom. The highest BCUT2D eigenvalue weighted by molar-refractivity contribution is 6.33. The number of nitrogens with two attached hydrogens (primary N) is 1. The van der Waals surface area contributed by atoms with Crippen LogP contribution < -0.4 is 10.5 Å². The molecule has 0 saturated carbocycles. The number of amidine groups is 1. The van der Waals surface area contributed by atoms with Crippen LogP contribution in [0.1, 0.15) is 5.56 Å². The van der Waals surface area contributed by atoms with Crippen LogP contribution in [-0.2, 0) is 0 Å². The molecule has 0 atom stereocenters. The second-order valence-electron chi connectivity index (χ2n) is 3.81. The highest BCUT2D eigenvalue weighted by Gasteiger charge is 2.09. The topological polar surface area (TPSA) is 67.8 Å². The fraction of sp³-hybridized carbons (Fsp3) is 0. The summed E-state index contributed by atoms with van der Waals surface area (Å²) in [7, 11) is 0. The van der Waals surface area contributed by atoms with Crippen molar-refractivity contribution in [1.82, 2.24) is 0 Å².